The molecule has 1 N–H and O–H groups in total. The highest BCUT2D eigenvalue weighted by atomic mass is 32.2. The second-order valence-corrected chi connectivity index (χ2v) is 9.83. The first-order valence-electron chi connectivity index (χ1n) is 9.39. The van der Waals surface area contributed by atoms with Crippen molar-refractivity contribution >= 4 is 38.2 Å². The van der Waals surface area contributed by atoms with E-state index in [2.05, 4.69) is 11.4 Å². The predicted octanol–water partition coefficient (Wildman–Crippen LogP) is 2.94. The number of amides is 2. The predicted molar refractivity (Wildman–Crippen MR) is 112 cm³/mol. The van der Waals surface area contributed by atoms with E-state index < -0.39 is 21.8 Å². The Hall–Kier alpha value is -2.90. The summed E-state index contributed by atoms with van der Waals surface area (Å²) in [6.07, 6.45) is -0.141. The number of nitrogens with one attached hydrogen (secondary N) is 1. The lowest BCUT2D eigenvalue weighted by Gasteiger charge is -2.25. The van der Waals surface area contributed by atoms with E-state index >= 15 is 0 Å². The summed E-state index contributed by atoms with van der Waals surface area (Å²) in [5, 5.41) is 12.6. The number of ether oxygens (including phenoxy) is 1. The standard InChI is InChI=1S/C20H21N3O5S2/c1-2-28-20(25)23-10-8-15-16(12-21)19(29-17(15)13-23)22-18(24)9-11-30(26,27)14-6-4-3-5-7-14/h3-7H,2,8-11,13H2,1H3,(H,22,24). The van der Waals surface area contributed by atoms with Gasteiger partial charge in [0.2, 0.25) is 5.91 Å². The number of benzene rings is 1. The zero-order valence-corrected chi connectivity index (χ0v) is 18.0. The van der Waals surface area contributed by atoms with Crippen molar-refractivity contribution in [2.75, 3.05) is 24.2 Å². The van der Waals surface area contributed by atoms with Crippen molar-refractivity contribution in [1.82, 2.24) is 4.90 Å². The molecule has 0 bridgehead atoms. The zero-order valence-electron chi connectivity index (χ0n) is 16.4. The molecule has 0 unspecified atom stereocenters. The third kappa shape index (κ3) is 4.80. The molecular formula is C20H21N3O5S2. The van der Waals surface area contributed by atoms with Crippen molar-refractivity contribution in [3.8, 4) is 6.07 Å². The van der Waals surface area contributed by atoms with Gasteiger partial charge in [0.25, 0.3) is 0 Å². The summed E-state index contributed by atoms with van der Waals surface area (Å²) in [5.74, 6) is -0.807. The summed E-state index contributed by atoms with van der Waals surface area (Å²) in [6, 6.07) is 10.1. The van der Waals surface area contributed by atoms with Crippen LogP contribution in [0.15, 0.2) is 35.2 Å². The van der Waals surface area contributed by atoms with Gasteiger partial charge in [-0.3, -0.25) is 4.79 Å². The molecule has 0 aliphatic carbocycles. The Bertz CT molecular complexity index is 1090. The topological polar surface area (TPSA) is 117 Å². The zero-order chi connectivity index (χ0) is 21.7. The number of nitriles is 1. The van der Waals surface area contributed by atoms with Crippen molar-refractivity contribution in [1.29, 1.82) is 5.26 Å². The molecule has 10 heteroatoms. The molecule has 0 saturated heterocycles. The van der Waals surface area contributed by atoms with Crippen LogP contribution in [0.5, 0.6) is 0 Å². The van der Waals surface area contributed by atoms with Crippen LogP contribution in [0.2, 0.25) is 0 Å². The molecular weight excluding hydrogens is 426 g/mol. The molecule has 2 heterocycles. The van der Waals surface area contributed by atoms with Crippen LogP contribution < -0.4 is 5.32 Å². The summed E-state index contributed by atoms with van der Waals surface area (Å²) in [5.41, 5.74) is 1.19. The third-order valence-corrected chi connectivity index (χ3v) is 7.51. The minimum absolute atomic E-state index is 0.168. The van der Waals surface area contributed by atoms with Crippen LogP contribution in [0.3, 0.4) is 0 Å². The Morgan fingerprint density at radius 3 is 2.70 bits per heavy atom. The number of sulfone groups is 1. The van der Waals surface area contributed by atoms with Crippen molar-refractivity contribution in [3.05, 3.63) is 46.3 Å². The average Bonchev–Trinajstić information content (AvgIpc) is 3.09. The van der Waals surface area contributed by atoms with E-state index in [1.54, 1.807) is 30.0 Å². The van der Waals surface area contributed by atoms with Crippen LogP contribution in [0.25, 0.3) is 0 Å². The molecule has 2 amide bonds. The smallest absolute Gasteiger partial charge is 0.410 e. The number of hydrogen-bond acceptors (Lipinski definition) is 7. The molecule has 3 rings (SSSR count). The average molecular weight is 448 g/mol. The van der Waals surface area contributed by atoms with E-state index in [-0.39, 0.29) is 23.7 Å². The first-order chi connectivity index (χ1) is 14.4. The second-order valence-electron chi connectivity index (χ2n) is 6.62. The van der Waals surface area contributed by atoms with Gasteiger partial charge in [-0.15, -0.1) is 11.3 Å². The van der Waals surface area contributed by atoms with Crippen molar-refractivity contribution < 1.29 is 22.7 Å². The lowest BCUT2D eigenvalue weighted by atomic mass is 10.0. The summed E-state index contributed by atoms with van der Waals surface area (Å²) >= 11 is 1.23. The fourth-order valence-corrected chi connectivity index (χ4v) is 5.63. The number of thiophene rings is 1. The van der Waals surface area contributed by atoms with Gasteiger partial charge in [0.1, 0.15) is 11.1 Å². The van der Waals surface area contributed by atoms with E-state index in [1.807, 2.05) is 0 Å². The Morgan fingerprint density at radius 1 is 1.30 bits per heavy atom. The Morgan fingerprint density at radius 2 is 2.03 bits per heavy atom. The monoisotopic (exact) mass is 447 g/mol. The summed E-state index contributed by atoms with van der Waals surface area (Å²) in [7, 11) is -3.57. The quantitative estimate of drug-likeness (QED) is 0.728. The normalized spacial score (nSPS) is 13.3. The van der Waals surface area contributed by atoms with E-state index in [4.69, 9.17) is 4.74 Å². The molecule has 2 aromatic rings. The molecule has 30 heavy (non-hydrogen) atoms. The Kier molecular flexibility index (Phi) is 6.74. The summed E-state index contributed by atoms with van der Waals surface area (Å²) in [4.78, 5) is 26.9. The summed E-state index contributed by atoms with van der Waals surface area (Å²) in [6.45, 7) is 2.76. The maximum atomic E-state index is 12.4. The summed E-state index contributed by atoms with van der Waals surface area (Å²) < 4.78 is 29.7. The van der Waals surface area contributed by atoms with Crippen LogP contribution in [0.1, 0.15) is 29.3 Å². The van der Waals surface area contributed by atoms with Crippen LogP contribution >= 0.6 is 11.3 Å². The molecule has 0 spiro atoms. The van der Waals surface area contributed by atoms with Gasteiger partial charge < -0.3 is 15.0 Å². The molecule has 0 saturated carbocycles. The molecule has 0 fully saturated rings. The van der Waals surface area contributed by atoms with Crippen LogP contribution in [0.4, 0.5) is 9.80 Å². The van der Waals surface area contributed by atoms with Crippen LogP contribution in [0, 0.1) is 11.3 Å². The number of nitrogens with zero attached hydrogens (tertiary/aromatic N) is 2. The number of hydrogen-bond donors (Lipinski definition) is 1. The molecule has 1 aliphatic heterocycles. The Balaban J connectivity index is 1.68. The molecule has 0 radical (unpaired) electrons. The van der Waals surface area contributed by atoms with Gasteiger partial charge >= 0.3 is 6.09 Å². The molecule has 1 aromatic heterocycles. The van der Waals surface area contributed by atoms with Crippen LogP contribution in [-0.2, 0) is 32.3 Å². The number of carbonyl (C=O) groups is 2. The number of carbonyl (C=O) groups excluding carboxylic acids is 2. The molecule has 1 aliphatic rings. The van der Waals surface area contributed by atoms with Crippen molar-refractivity contribution in [2.45, 2.75) is 31.2 Å². The first kappa shape index (κ1) is 21.8. The van der Waals surface area contributed by atoms with Gasteiger partial charge in [0.15, 0.2) is 9.84 Å². The molecule has 0 atom stereocenters. The van der Waals surface area contributed by atoms with Gasteiger partial charge in [0, 0.05) is 17.8 Å². The van der Waals surface area contributed by atoms with Gasteiger partial charge in [-0.25, -0.2) is 13.2 Å². The lowest BCUT2D eigenvalue weighted by Crippen LogP contribution is -2.35. The highest BCUT2D eigenvalue weighted by Gasteiger charge is 2.28. The lowest BCUT2D eigenvalue weighted by molar-refractivity contribution is -0.115. The third-order valence-electron chi connectivity index (χ3n) is 4.65. The second kappa shape index (κ2) is 9.28. The fourth-order valence-electron chi connectivity index (χ4n) is 3.14. The minimum Gasteiger partial charge on any atom is -0.450 e. The molecule has 8 nitrogen and oxygen atoms in total. The van der Waals surface area contributed by atoms with Gasteiger partial charge in [-0.05, 0) is 31.0 Å². The molecule has 1 aromatic carbocycles. The Labute approximate surface area is 179 Å². The maximum absolute atomic E-state index is 12.4. The van der Waals surface area contributed by atoms with Crippen LogP contribution in [-0.4, -0.2) is 44.2 Å². The first-order valence-corrected chi connectivity index (χ1v) is 11.9. The number of fused-ring (bicyclic) bond motifs is 1. The van der Waals surface area contributed by atoms with Gasteiger partial charge in [0.05, 0.1) is 29.4 Å². The van der Waals surface area contributed by atoms with E-state index in [1.165, 1.54) is 23.5 Å². The maximum Gasteiger partial charge on any atom is 0.410 e. The highest BCUT2D eigenvalue weighted by molar-refractivity contribution is 7.91. The van der Waals surface area contributed by atoms with E-state index in [0.29, 0.717) is 30.1 Å². The van der Waals surface area contributed by atoms with Gasteiger partial charge in [-0.2, -0.15) is 5.26 Å². The van der Waals surface area contributed by atoms with Crippen molar-refractivity contribution in [3.63, 3.8) is 0 Å². The van der Waals surface area contributed by atoms with E-state index in [0.717, 1.165) is 10.4 Å². The molecule has 158 valence electrons. The number of anilines is 1. The fraction of sp³-hybridized carbons (Fsp3) is 0.350. The largest absolute Gasteiger partial charge is 0.450 e. The van der Waals surface area contributed by atoms with E-state index in [9.17, 15) is 23.3 Å². The van der Waals surface area contributed by atoms with Crippen molar-refractivity contribution in [2.24, 2.45) is 0 Å². The highest BCUT2D eigenvalue weighted by Crippen LogP contribution is 2.36. The minimum atomic E-state index is -3.57. The SMILES string of the molecule is CCOC(=O)N1CCc2c(sc(NC(=O)CCS(=O)(=O)c3ccccc3)c2C#N)C1. The van der Waals surface area contributed by atoms with Gasteiger partial charge in [-0.1, -0.05) is 18.2 Å². The number of rotatable bonds is 6.